The Labute approximate surface area is 186 Å². The molecule has 31 heavy (non-hydrogen) atoms. The molecule has 0 unspecified atom stereocenters. The number of halogens is 1. The van der Waals surface area contributed by atoms with Gasteiger partial charge < -0.3 is 9.84 Å². The number of nitrogens with zero attached hydrogens (tertiary/aromatic N) is 1. The van der Waals surface area contributed by atoms with Crippen LogP contribution in [0, 0.1) is 0 Å². The van der Waals surface area contributed by atoms with Gasteiger partial charge in [-0.05, 0) is 35.9 Å². The Morgan fingerprint density at radius 3 is 2.61 bits per heavy atom. The molecule has 1 heterocycles. The minimum absolute atomic E-state index is 0.113. The molecular formula is C23H15ClN2O4S. The number of hydrazone groups is 1. The summed E-state index contributed by atoms with van der Waals surface area (Å²) >= 11 is 7.61. The largest absolute Gasteiger partial charge is 0.507 e. The second-order valence-electron chi connectivity index (χ2n) is 6.42. The Morgan fingerprint density at radius 1 is 1.03 bits per heavy atom. The molecule has 0 saturated carbocycles. The van der Waals surface area contributed by atoms with Gasteiger partial charge in [0.1, 0.15) is 16.4 Å². The monoisotopic (exact) mass is 450 g/mol. The molecule has 1 aromatic heterocycles. The number of esters is 1. The van der Waals surface area contributed by atoms with Crippen LogP contribution in [0.15, 0.2) is 77.9 Å². The van der Waals surface area contributed by atoms with Gasteiger partial charge in [-0.15, -0.1) is 11.3 Å². The van der Waals surface area contributed by atoms with Crippen molar-refractivity contribution in [2.24, 2.45) is 5.10 Å². The summed E-state index contributed by atoms with van der Waals surface area (Å²) in [4.78, 5) is 25.0. The van der Waals surface area contributed by atoms with E-state index in [1.165, 1.54) is 29.7 Å². The first kappa shape index (κ1) is 20.6. The van der Waals surface area contributed by atoms with Crippen molar-refractivity contribution in [1.29, 1.82) is 0 Å². The van der Waals surface area contributed by atoms with Gasteiger partial charge in [0, 0.05) is 10.1 Å². The predicted octanol–water partition coefficient (Wildman–Crippen LogP) is 5.24. The number of amides is 1. The number of thiophene rings is 1. The Hall–Kier alpha value is -3.68. The van der Waals surface area contributed by atoms with Crippen LogP contribution in [0.2, 0.25) is 5.02 Å². The SMILES string of the molecule is O=C(N/N=C/c1cccc(OC(=O)c2sc3ccccc3c2Cl)c1)c1ccccc1O. The van der Waals surface area contributed by atoms with Gasteiger partial charge in [0.05, 0.1) is 16.8 Å². The summed E-state index contributed by atoms with van der Waals surface area (Å²) in [6.45, 7) is 0. The zero-order valence-electron chi connectivity index (χ0n) is 15.9. The molecule has 0 aliphatic carbocycles. The normalized spacial score (nSPS) is 11.0. The van der Waals surface area contributed by atoms with Crippen LogP contribution in [-0.2, 0) is 0 Å². The summed E-state index contributed by atoms with van der Waals surface area (Å²) in [6.07, 6.45) is 1.40. The molecular weight excluding hydrogens is 436 g/mol. The summed E-state index contributed by atoms with van der Waals surface area (Å²) in [6, 6.07) is 20.3. The highest BCUT2D eigenvalue weighted by molar-refractivity contribution is 7.21. The third kappa shape index (κ3) is 4.58. The van der Waals surface area contributed by atoms with Gasteiger partial charge in [0.15, 0.2) is 0 Å². The van der Waals surface area contributed by atoms with E-state index in [4.69, 9.17) is 16.3 Å². The molecule has 0 aliphatic heterocycles. The lowest BCUT2D eigenvalue weighted by Crippen LogP contribution is -2.17. The van der Waals surface area contributed by atoms with E-state index in [0.717, 1.165) is 10.1 Å². The van der Waals surface area contributed by atoms with E-state index in [2.05, 4.69) is 10.5 Å². The number of phenols is 1. The van der Waals surface area contributed by atoms with Crippen LogP contribution in [0.3, 0.4) is 0 Å². The smallest absolute Gasteiger partial charge is 0.355 e. The first-order chi connectivity index (χ1) is 15.0. The maximum Gasteiger partial charge on any atom is 0.355 e. The number of ether oxygens (including phenoxy) is 1. The molecule has 8 heteroatoms. The van der Waals surface area contributed by atoms with Gasteiger partial charge in [-0.3, -0.25) is 4.79 Å². The molecule has 2 N–H and O–H groups in total. The molecule has 1 amide bonds. The lowest BCUT2D eigenvalue weighted by atomic mass is 10.2. The number of para-hydroxylation sites is 1. The molecule has 0 saturated heterocycles. The number of aromatic hydroxyl groups is 1. The van der Waals surface area contributed by atoms with Crippen LogP contribution < -0.4 is 10.2 Å². The lowest BCUT2D eigenvalue weighted by molar-refractivity contribution is 0.0739. The minimum Gasteiger partial charge on any atom is -0.507 e. The number of hydrogen-bond acceptors (Lipinski definition) is 6. The fraction of sp³-hybridized carbons (Fsp3) is 0. The number of fused-ring (bicyclic) bond motifs is 1. The lowest BCUT2D eigenvalue weighted by Gasteiger charge is -2.04. The quantitative estimate of drug-likeness (QED) is 0.188. The number of carbonyl (C=O) groups excluding carboxylic acids is 2. The summed E-state index contributed by atoms with van der Waals surface area (Å²) in [7, 11) is 0. The molecule has 4 rings (SSSR count). The van der Waals surface area contributed by atoms with E-state index in [1.807, 2.05) is 24.3 Å². The highest BCUT2D eigenvalue weighted by Gasteiger charge is 2.19. The number of phenolic OH excluding ortho intramolecular Hbond substituents is 1. The van der Waals surface area contributed by atoms with Gasteiger partial charge in [-0.2, -0.15) is 5.10 Å². The molecule has 3 aromatic carbocycles. The van der Waals surface area contributed by atoms with Gasteiger partial charge in [0.25, 0.3) is 5.91 Å². The third-order valence-electron chi connectivity index (χ3n) is 4.32. The van der Waals surface area contributed by atoms with E-state index in [0.29, 0.717) is 21.2 Å². The zero-order chi connectivity index (χ0) is 21.8. The van der Waals surface area contributed by atoms with E-state index in [-0.39, 0.29) is 11.3 Å². The molecule has 0 aliphatic rings. The van der Waals surface area contributed by atoms with Crippen LogP contribution in [-0.4, -0.2) is 23.2 Å². The van der Waals surface area contributed by atoms with Crippen molar-refractivity contribution in [1.82, 2.24) is 5.43 Å². The molecule has 0 radical (unpaired) electrons. The molecule has 0 bridgehead atoms. The van der Waals surface area contributed by atoms with Crippen LogP contribution in [0.25, 0.3) is 10.1 Å². The Balaban J connectivity index is 1.45. The summed E-state index contributed by atoms with van der Waals surface area (Å²) < 4.78 is 6.37. The predicted molar refractivity (Wildman–Crippen MR) is 121 cm³/mol. The van der Waals surface area contributed by atoms with Crippen molar-refractivity contribution in [2.75, 3.05) is 0 Å². The maximum atomic E-state index is 12.6. The van der Waals surface area contributed by atoms with E-state index < -0.39 is 11.9 Å². The second kappa shape index (κ2) is 8.99. The summed E-state index contributed by atoms with van der Waals surface area (Å²) in [5.74, 6) is -0.914. The number of carbonyl (C=O) groups is 2. The molecule has 4 aromatic rings. The van der Waals surface area contributed by atoms with E-state index in [9.17, 15) is 14.7 Å². The first-order valence-electron chi connectivity index (χ1n) is 9.13. The summed E-state index contributed by atoms with van der Waals surface area (Å²) in [5, 5.41) is 14.8. The van der Waals surface area contributed by atoms with Crippen LogP contribution in [0.1, 0.15) is 25.6 Å². The van der Waals surface area contributed by atoms with Crippen molar-refractivity contribution < 1.29 is 19.4 Å². The first-order valence-corrected chi connectivity index (χ1v) is 10.3. The van der Waals surface area contributed by atoms with Gasteiger partial charge in [-0.1, -0.05) is 54.1 Å². The van der Waals surface area contributed by atoms with Crippen molar-refractivity contribution >= 4 is 51.1 Å². The average molecular weight is 451 g/mol. The fourth-order valence-electron chi connectivity index (χ4n) is 2.85. The molecule has 0 fully saturated rings. The molecule has 0 spiro atoms. The van der Waals surface area contributed by atoms with E-state index in [1.54, 1.807) is 36.4 Å². The Morgan fingerprint density at radius 2 is 1.81 bits per heavy atom. The number of rotatable bonds is 5. The van der Waals surface area contributed by atoms with Gasteiger partial charge >= 0.3 is 5.97 Å². The number of hydrogen-bond donors (Lipinski definition) is 2. The highest BCUT2D eigenvalue weighted by atomic mass is 35.5. The topological polar surface area (TPSA) is 88.0 Å². The number of nitrogens with one attached hydrogen (secondary N) is 1. The molecule has 0 atom stereocenters. The minimum atomic E-state index is -0.548. The molecule has 154 valence electrons. The van der Waals surface area contributed by atoms with Crippen LogP contribution >= 0.6 is 22.9 Å². The maximum absolute atomic E-state index is 12.6. The number of benzene rings is 3. The third-order valence-corrected chi connectivity index (χ3v) is 5.97. The molecule has 6 nitrogen and oxygen atoms in total. The van der Waals surface area contributed by atoms with Crippen molar-refractivity contribution in [2.45, 2.75) is 0 Å². The second-order valence-corrected chi connectivity index (χ2v) is 7.85. The summed E-state index contributed by atoms with van der Waals surface area (Å²) in [5.41, 5.74) is 3.06. The van der Waals surface area contributed by atoms with Crippen LogP contribution in [0.4, 0.5) is 0 Å². The van der Waals surface area contributed by atoms with Crippen LogP contribution in [0.5, 0.6) is 11.5 Å². The standard InChI is InChI=1S/C23H15ClN2O4S/c24-20-17-9-2-4-11-19(17)31-21(20)23(29)30-15-7-5-6-14(12-15)13-25-26-22(28)16-8-1-3-10-18(16)27/h1-13,27H,(H,26,28)/b25-13+. The fourth-order valence-corrected chi connectivity index (χ4v) is 4.23. The van der Waals surface area contributed by atoms with Crippen molar-refractivity contribution in [3.05, 3.63) is 93.8 Å². The Bertz CT molecular complexity index is 1320. The van der Waals surface area contributed by atoms with E-state index >= 15 is 0 Å². The Kier molecular flexibility index (Phi) is 5.97. The van der Waals surface area contributed by atoms with Crippen molar-refractivity contribution in [3.8, 4) is 11.5 Å². The van der Waals surface area contributed by atoms with Gasteiger partial charge in [0.2, 0.25) is 0 Å². The zero-order valence-corrected chi connectivity index (χ0v) is 17.5. The van der Waals surface area contributed by atoms with Crippen molar-refractivity contribution in [3.63, 3.8) is 0 Å². The van der Waals surface area contributed by atoms with Gasteiger partial charge in [-0.25, -0.2) is 10.2 Å². The average Bonchev–Trinajstić information content (AvgIpc) is 3.11. The highest BCUT2D eigenvalue weighted by Crippen LogP contribution is 2.35.